The first-order chi connectivity index (χ1) is 7.98. The van der Waals surface area contributed by atoms with Gasteiger partial charge >= 0.3 is 0 Å². The van der Waals surface area contributed by atoms with Crippen molar-refractivity contribution in [1.29, 1.82) is 0 Å². The van der Waals surface area contributed by atoms with Crippen molar-refractivity contribution < 1.29 is 13.5 Å². The third kappa shape index (κ3) is 2.72. The van der Waals surface area contributed by atoms with Gasteiger partial charge < -0.3 is 10.5 Å². The highest BCUT2D eigenvalue weighted by molar-refractivity contribution is 5.73. The smallest absolute Gasteiger partial charge is 0.282 e. The van der Waals surface area contributed by atoms with Crippen molar-refractivity contribution in [3.05, 3.63) is 35.4 Å². The first-order valence-corrected chi connectivity index (χ1v) is 5.41. The fourth-order valence-electron chi connectivity index (χ4n) is 1.80. The van der Waals surface area contributed by atoms with Crippen molar-refractivity contribution in [2.75, 3.05) is 6.61 Å². The number of aryl methyl sites for hydroxylation is 1. The van der Waals surface area contributed by atoms with E-state index in [4.69, 9.17) is 10.5 Å². The van der Waals surface area contributed by atoms with Gasteiger partial charge in [0.1, 0.15) is 6.61 Å². The van der Waals surface area contributed by atoms with Gasteiger partial charge in [-0.3, -0.25) is 0 Å². The van der Waals surface area contributed by atoms with Gasteiger partial charge in [-0.05, 0) is 37.5 Å². The highest BCUT2D eigenvalue weighted by Gasteiger charge is 2.30. The predicted octanol–water partition coefficient (Wildman–Crippen LogP) is 2.00. The molecule has 0 aromatic heterocycles. The Labute approximate surface area is 98.3 Å². The second kappa shape index (κ2) is 4.31. The molecule has 0 aliphatic carbocycles. The van der Waals surface area contributed by atoms with Gasteiger partial charge in [-0.25, -0.2) is 13.8 Å². The van der Waals surface area contributed by atoms with Gasteiger partial charge in [-0.15, -0.1) is 0 Å². The number of aliphatic imine (C=N–C) groups is 1. The lowest BCUT2D eigenvalue weighted by Gasteiger charge is -2.17. The molecule has 0 spiro atoms. The molecule has 0 amide bonds. The number of nitrogens with zero attached hydrogens (tertiary/aromatic N) is 1. The van der Waals surface area contributed by atoms with Gasteiger partial charge in [0.05, 0.1) is 5.54 Å². The van der Waals surface area contributed by atoms with Crippen molar-refractivity contribution in [3.63, 3.8) is 0 Å². The minimum Gasteiger partial charge on any atom is -0.463 e. The van der Waals surface area contributed by atoms with Gasteiger partial charge in [0, 0.05) is 0 Å². The van der Waals surface area contributed by atoms with E-state index in [-0.39, 0.29) is 11.6 Å². The Balaban J connectivity index is 2.00. The topological polar surface area (TPSA) is 47.6 Å². The van der Waals surface area contributed by atoms with Gasteiger partial charge in [0.15, 0.2) is 11.6 Å². The minimum atomic E-state index is -0.827. The Hall–Kier alpha value is -1.65. The molecule has 17 heavy (non-hydrogen) atoms. The van der Waals surface area contributed by atoms with E-state index < -0.39 is 11.6 Å². The van der Waals surface area contributed by atoms with Crippen LogP contribution in [0.15, 0.2) is 23.2 Å². The molecule has 5 heteroatoms. The Bertz CT molecular complexity index is 462. The van der Waals surface area contributed by atoms with E-state index in [0.717, 1.165) is 11.6 Å². The van der Waals surface area contributed by atoms with E-state index in [9.17, 15) is 8.78 Å². The van der Waals surface area contributed by atoms with Crippen molar-refractivity contribution in [1.82, 2.24) is 0 Å². The summed E-state index contributed by atoms with van der Waals surface area (Å²) in [5, 5.41) is 0. The van der Waals surface area contributed by atoms with Crippen LogP contribution in [0.5, 0.6) is 0 Å². The molecule has 0 radical (unpaired) electrons. The Morgan fingerprint density at radius 1 is 1.41 bits per heavy atom. The van der Waals surface area contributed by atoms with Crippen LogP contribution in [-0.4, -0.2) is 18.2 Å². The fraction of sp³-hybridized carbons (Fsp3) is 0.417. The van der Waals surface area contributed by atoms with Crippen LogP contribution in [-0.2, 0) is 11.2 Å². The van der Waals surface area contributed by atoms with Crippen LogP contribution in [0.4, 0.5) is 8.78 Å². The first kappa shape index (κ1) is 11.8. The SMILES string of the molecule is C[C@]1(CCc2ccc(F)c(F)c2)COC(N)=N1. The number of halogens is 2. The number of rotatable bonds is 3. The summed E-state index contributed by atoms with van der Waals surface area (Å²) in [6, 6.07) is 4.11. The van der Waals surface area contributed by atoms with Crippen molar-refractivity contribution >= 4 is 6.02 Å². The molecular formula is C12H14F2N2O. The van der Waals surface area contributed by atoms with Crippen molar-refractivity contribution in [3.8, 4) is 0 Å². The van der Waals surface area contributed by atoms with Crippen molar-refractivity contribution in [2.45, 2.75) is 25.3 Å². The molecule has 0 unspecified atom stereocenters. The Morgan fingerprint density at radius 2 is 2.18 bits per heavy atom. The van der Waals surface area contributed by atoms with Crippen LogP contribution in [0.25, 0.3) is 0 Å². The molecule has 0 saturated heterocycles. The molecule has 3 nitrogen and oxygen atoms in total. The third-order valence-corrected chi connectivity index (χ3v) is 2.85. The molecule has 0 fully saturated rings. The van der Waals surface area contributed by atoms with Gasteiger partial charge in [0.2, 0.25) is 0 Å². The number of hydrogen-bond donors (Lipinski definition) is 1. The van der Waals surface area contributed by atoms with E-state index in [1.54, 1.807) is 6.07 Å². The molecule has 1 aliphatic rings. The average molecular weight is 240 g/mol. The molecule has 92 valence electrons. The van der Waals surface area contributed by atoms with E-state index in [1.165, 1.54) is 6.07 Å². The quantitative estimate of drug-likeness (QED) is 0.878. The summed E-state index contributed by atoms with van der Waals surface area (Å²) in [5.41, 5.74) is 5.82. The predicted molar refractivity (Wildman–Crippen MR) is 60.7 cm³/mol. The largest absolute Gasteiger partial charge is 0.463 e. The van der Waals surface area contributed by atoms with Crippen LogP contribution < -0.4 is 5.73 Å². The van der Waals surface area contributed by atoms with Crippen LogP contribution >= 0.6 is 0 Å². The summed E-state index contributed by atoms with van der Waals surface area (Å²) in [7, 11) is 0. The zero-order chi connectivity index (χ0) is 12.5. The van der Waals surface area contributed by atoms with Gasteiger partial charge in [0.25, 0.3) is 6.02 Å². The van der Waals surface area contributed by atoms with E-state index >= 15 is 0 Å². The third-order valence-electron chi connectivity index (χ3n) is 2.85. The number of hydrogen-bond acceptors (Lipinski definition) is 3. The molecule has 1 aromatic carbocycles. The molecular weight excluding hydrogens is 226 g/mol. The minimum absolute atomic E-state index is 0.192. The number of amidine groups is 1. The second-order valence-corrected chi connectivity index (χ2v) is 4.48. The highest BCUT2D eigenvalue weighted by Crippen LogP contribution is 2.23. The highest BCUT2D eigenvalue weighted by atomic mass is 19.2. The molecule has 0 bridgehead atoms. The summed E-state index contributed by atoms with van der Waals surface area (Å²) in [5.74, 6) is -1.65. The fourth-order valence-corrected chi connectivity index (χ4v) is 1.80. The molecule has 2 rings (SSSR count). The number of ether oxygens (including phenoxy) is 1. The maximum Gasteiger partial charge on any atom is 0.282 e. The molecule has 1 aliphatic heterocycles. The summed E-state index contributed by atoms with van der Waals surface area (Å²) in [6.45, 7) is 2.36. The van der Waals surface area contributed by atoms with Gasteiger partial charge in [-0.1, -0.05) is 6.07 Å². The number of nitrogens with two attached hydrogens (primary N) is 1. The maximum absolute atomic E-state index is 13.0. The molecule has 1 heterocycles. The van der Waals surface area contributed by atoms with Crippen LogP contribution in [0, 0.1) is 11.6 Å². The monoisotopic (exact) mass is 240 g/mol. The maximum atomic E-state index is 13.0. The Kier molecular flexibility index (Phi) is 3.00. The average Bonchev–Trinajstić information content (AvgIpc) is 2.61. The molecule has 1 aromatic rings. The van der Waals surface area contributed by atoms with E-state index in [2.05, 4.69) is 4.99 Å². The summed E-state index contributed by atoms with van der Waals surface area (Å²) < 4.78 is 30.8. The van der Waals surface area contributed by atoms with Crippen LogP contribution in [0.3, 0.4) is 0 Å². The van der Waals surface area contributed by atoms with Crippen molar-refractivity contribution in [2.24, 2.45) is 10.7 Å². The zero-order valence-corrected chi connectivity index (χ0v) is 9.54. The second-order valence-electron chi connectivity index (χ2n) is 4.48. The lowest BCUT2D eigenvalue weighted by Crippen LogP contribution is -2.24. The zero-order valence-electron chi connectivity index (χ0n) is 9.54. The van der Waals surface area contributed by atoms with Crippen LogP contribution in [0.2, 0.25) is 0 Å². The molecule has 2 N–H and O–H groups in total. The van der Waals surface area contributed by atoms with Gasteiger partial charge in [-0.2, -0.15) is 0 Å². The lowest BCUT2D eigenvalue weighted by atomic mass is 9.95. The lowest BCUT2D eigenvalue weighted by molar-refractivity contribution is 0.255. The first-order valence-electron chi connectivity index (χ1n) is 5.41. The standard InChI is InChI=1S/C12H14F2N2O/c1-12(7-17-11(15)16-12)5-4-8-2-3-9(13)10(14)6-8/h2-3,6H,4-5,7H2,1H3,(H2,15,16)/t12-/m0/s1. The Morgan fingerprint density at radius 3 is 2.76 bits per heavy atom. The van der Waals surface area contributed by atoms with E-state index in [1.807, 2.05) is 6.92 Å². The van der Waals surface area contributed by atoms with E-state index in [0.29, 0.717) is 19.4 Å². The molecule has 0 saturated carbocycles. The normalized spacial score (nSPS) is 23.4. The summed E-state index contributed by atoms with van der Waals surface area (Å²) >= 11 is 0. The summed E-state index contributed by atoms with van der Waals surface area (Å²) in [6.07, 6.45) is 1.28. The van der Waals surface area contributed by atoms with Crippen LogP contribution in [0.1, 0.15) is 18.9 Å². The number of benzene rings is 1. The summed E-state index contributed by atoms with van der Waals surface area (Å²) in [4.78, 5) is 4.18. The molecule has 1 atom stereocenters.